The Morgan fingerprint density at radius 3 is 3.05 bits per heavy atom. The molecule has 1 atom stereocenters. The third-order valence-corrected chi connectivity index (χ3v) is 3.50. The lowest BCUT2D eigenvalue weighted by atomic mass is 10.2. The lowest BCUT2D eigenvalue weighted by Crippen LogP contribution is -2.51. The summed E-state index contributed by atoms with van der Waals surface area (Å²) in [5.41, 5.74) is 1.12. The van der Waals surface area contributed by atoms with E-state index in [-0.39, 0.29) is 0 Å². The summed E-state index contributed by atoms with van der Waals surface area (Å²) >= 11 is 0. The molecule has 1 aromatic rings. The third-order valence-electron chi connectivity index (χ3n) is 3.50. The molecule has 5 nitrogen and oxygen atoms in total. The monoisotopic (exact) mass is 278 g/mol. The van der Waals surface area contributed by atoms with Crippen molar-refractivity contribution in [3.8, 4) is 0 Å². The van der Waals surface area contributed by atoms with E-state index in [0.29, 0.717) is 12.1 Å². The van der Waals surface area contributed by atoms with Crippen LogP contribution in [0.1, 0.15) is 32.9 Å². The van der Waals surface area contributed by atoms with Gasteiger partial charge in [-0.2, -0.15) is 0 Å². The number of aryl methyl sites for hydroxylation is 1. The van der Waals surface area contributed by atoms with E-state index in [1.165, 1.54) is 0 Å². The number of nitrogens with zero attached hydrogens (tertiary/aromatic N) is 3. The van der Waals surface area contributed by atoms with Gasteiger partial charge in [0.25, 0.3) is 0 Å². The fraction of sp³-hybridized carbons (Fsp3) is 0.733. The predicted octanol–water partition coefficient (Wildman–Crippen LogP) is 1.63. The molecule has 112 valence electrons. The summed E-state index contributed by atoms with van der Waals surface area (Å²) in [7, 11) is 0. The molecule has 1 saturated heterocycles. The SMILES string of the molecule is CCCc1cc(N2CCOCC2CNC(C)C)ncn1. The van der Waals surface area contributed by atoms with E-state index >= 15 is 0 Å². The smallest absolute Gasteiger partial charge is 0.132 e. The molecule has 0 radical (unpaired) electrons. The Labute approximate surface area is 121 Å². The number of rotatable bonds is 6. The highest BCUT2D eigenvalue weighted by molar-refractivity contribution is 5.41. The van der Waals surface area contributed by atoms with Crippen LogP contribution in [0.5, 0.6) is 0 Å². The molecule has 1 aliphatic rings. The molecule has 0 spiro atoms. The summed E-state index contributed by atoms with van der Waals surface area (Å²) in [5, 5.41) is 3.49. The number of ether oxygens (including phenoxy) is 1. The van der Waals surface area contributed by atoms with Crippen LogP contribution in [0.4, 0.5) is 5.82 Å². The van der Waals surface area contributed by atoms with Crippen molar-refractivity contribution >= 4 is 5.82 Å². The molecule has 2 heterocycles. The zero-order valence-corrected chi connectivity index (χ0v) is 12.8. The van der Waals surface area contributed by atoms with Crippen LogP contribution in [-0.2, 0) is 11.2 Å². The van der Waals surface area contributed by atoms with E-state index in [2.05, 4.69) is 47.0 Å². The minimum atomic E-state index is 0.343. The molecule has 0 aromatic carbocycles. The topological polar surface area (TPSA) is 50.3 Å². The molecular weight excluding hydrogens is 252 g/mol. The summed E-state index contributed by atoms with van der Waals surface area (Å²) in [6, 6.07) is 2.95. The van der Waals surface area contributed by atoms with Crippen molar-refractivity contribution in [3.05, 3.63) is 18.1 Å². The van der Waals surface area contributed by atoms with Gasteiger partial charge in [-0.25, -0.2) is 9.97 Å². The molecule has 1 aliphatic heterocycles. The van der Waals surface area contributed by atoms with Crippen molar-refractivity contribution < 1.29 is 4.74 Å². The minimum absolute atomic E-state index is 0.343. The summed E-state index contributed by atoms with van der Waals surface area (Å²) in [6.45, 7) is 9.85. The Hall–Kier alpha value is -1.20. The lowest BCUT2D eigenvalue weighted by Gasteiger charge is -2.37. The second kappa shape index (κ2) is 7.55. The van der Waals surface area contributed by atoms with Crippen LogP contribution >= 0.6 is 0 Å². The number of nitrogens with one attached hydrogen (secondary N) is 1. The van der Waals surface area contributed by atoms with Gasteiger partial charge in [0.2, 0.25) is 0 Å². The summed E-state index contributed by atoms with van der Waals surface area (Å²) < 4.78 is 5.62. The molecule has 20 heavy (non-hydrogen) atoms. The maximum Gasteiger partial charge on any atom is 0.132 e. The highest BCUT2D eigenvalue weighted by atomic mass is 16.5. The van der Waals surface area contributed by atoms with Gasteiger partial charge >= 0.3 is 0 Å². The molecule has 1 N–H and O–H groups in total. The molecule has 1 aromatic heterocycles. The molecular formula is C15H26N4O. The van der Waals surface area contributed by atoms with Crippen LogP contribution < -0.4 is 10.2 Å². The zero-order chi connectivity index (χ0) is 14.4. The van der Waals surface area contributed by atoms with Gasteiger partial charge in [-0.1, -0.05) is 27.2 Å². The highest BCUT2D eigenvalue weighted by Crippen LogP contribution is 2.18. The maximum atomic E-state index is 5.62. The molecule has 1 unspecified atom stereocenters. The number of hydrogen-bond acceptors (Lipinski definition) is 5. The Balaban J connectivity index is 2.08. The standard InChI is InChI=1S/C15H26N4O/c1-4-5-13-8-15(18-11-17-13)19-6-7-20-10-14(19)9-16-12(2)3/h8,11-12,14,16H,4-7,9-10H2,1-3H3. The number of aromatic nitrogens is 2. The van der Waals surface area contributed by atoms with Gasteiger partial charge in [0, 0.05) is 30.9 Å². The van der Waals surface area contributed by atoms with Gasteiger partial charge in [-0.15, -0.1) is 0 Å². The fourth-order valence-corrected chi connectivity index (χ4v) is 2.43. The van der Waals surface area contributed by atoms with E-state index < -0.39 is 0 Å². The van der Waals surface area contributed by atoms with E-state index in [1.54, 1.807) is 6.33 Å². The number of anilines is 1. The van der Waals surface area contributed by atoms with E-state index in [1.807, 2.05) is 0 Å². The normalized spacial score (nSPS) is 19.6. The average molecular weight is 278 g/mol. The second-order valence-corrected chi connectivity index (χ2v) is 5.60. The maximum absolute atomic E-state index is 5.62. The molecule has 1 fully saturated rings. The predicted molar refractivity (Wildman–Crippen MR) is 81.1 cm³/mol. The number of hydrogen-bond donors (Lipinski definition) is 1. The van der Waals surface area contributed by atoms with Crippen molar-refractivity contribution in [1.82, 2.24) is 15.3 Å². The second-order valence-electron chi connectivity index (χ2n) is 5.60. The summed E-state index contributed by atoms with van der Waals surface area (Å²) in [5.74, 6) is 1.03. The van der Waals surface area contributed by atoms with Gasteiger partial charge in [-0.3, -0.25) is 0 Å². The Morgan fingerprint density at radius 1 is 1.45 bits per heavy atom. The first kappa shape index (κ1) is 15.2. The van der Waals surface area contributed by atoms with Crippen LogP contribution in [0.2, 0.25) is 0 Å². The van der Waals surface area contributed by atoms with Crippen LogP contribution in [0.25, 0.3) is 0 Å². The number of morpholine rings is 1. The van der Waals surface area contributed by atoms with Crippen LogP contribution in [-0.4, -0.2) is 48.4 Å². The molecule has 0 bridgehead atoms. The van der Waals surface area contributed by atoms with Gasteiger partial charge in [0.15, 0.2) is 0 Å². The van der Waals surface area contributed by atoms with Crippen LogP contribution in [0, 0.1) is 0 Å². The Kier molecular flexibility index (Phi) is 5.73. The Bertz CT molecular complexity index is 411. The average Bonchev–Trinajstić information content (AvgIpc) is 2.46. The van der Waals surface area contributed by atoms with E-state index in [0.717, 1.165) is 50.7 Å². The first-order valence-corrected chi connectivity index (χ1v) is 7.59. The van der Waals surface area contributed by atoms with Gasteiger partial charge < -0.3 is 15.0 Å². The quantitative estimate of drug-likeness (QED) is 0.857. The largest absolute Gasteiger partial charge is 0.377 e. The van der Waals surface area contributed by atoms with Crippen LogP contribution in [0.3, 0.4) is 0 Å². The molecule has 0 saturated carbocycles. The summed E-state index contributed by atoms with van der Waals surface area (Å²) in [4.78, 5) is 11.1. The molecule has 5 heteroatoms. The van der Waals surface area contributed by atoms with Crippen molar-refractivity contribution in [2.24, 2.45) is 0 Å². The fourth-order valence-electron chi connectivity index (χ4n) is 2.43. The first-order valence-electron chi connectivity index (χ1n) is 7.59. The highest BCUT2D eigenvalue weighted by Gasteiger charge is 2.24. The van der Waals surface area contributed by atoms with Crippen molar-refractivity contribution in [2.45, 2.75) is 45.7 Å². The van der Waals surface area contributed by atoms with Gasteiger partial charge in [0.05, 0.1) is 19.3 Å². The van der Waals surface area contributed by atoms with Crippen molar-refractivity contribution in [3.63, 3.8) is 0 Å². The first-order chi connectivity index (χ1) is 9.70. The lowest BCUT2D eigenvalue weighted by molar-refractivity contribution is 0.0927. The molecule has 0 amide bonds. The molecule has 0 aliphatic carbocycles. The van der Waals surface area contributed by atoms with E-state index in [4.69, 9.17) is 4.74 Å². The summed E-state index contributed by atoms with van der Waals surface area (Å²) in [6.07, 6.45) is 3.80. The van der Waals surface area contributed by atoms with Crippen LogP contribution in [0.15, 0.2) is 12.4 Å². The van der Waals surface area contributed by atoms with E-state index in [9.17, 15) is 0 Å². The van der Waals surface area contributed by atoms with Crippen molar-refractivity contribution in [2.75, 3.05) is 31.2 Å². The zero-order valence-electron chi connectivity index (χ0n) is 12.8. The third kappa shape index (κ3) is 4.15. The Morgan fingerprint density at radius 2 is 2.30 bits per heavy atom. The van der Waals surface area contributed by atoms with Gasteiger partial charge in [0.1, 0.15) is 12.1 Å². The van der Waals surface area contributed by atoms with Crippen molar-refractivity contribution in [1.29, 1.82) is 0 Å². The van der Waals surface area contributed by atoms with Gasteiger partial charge in [-0.05, 0) is 6.42 Å². The minimum Gasteiger partial charge on any atom is -0.377 e. The molecule has 2 rings (SSSR count).